The van der Waals surface area contributed by atoms with Crippen molar-refractivity contribution in [3.63, 3.8) is 0 Å². The Balaban J connectivity index is 1.53. The first kappa shape index (κ1) is 24.1. The molecular formula is C34H26N2O4. The van der Waals surface area contributed by atoms with Gasteiger partial charge in [0.2, 0.25) is 5.91 Å². The number of nitrogens with one attached hydrogen (secondary N) is 1. The first-order chi connectivity index (χ1) is 19.6. The van der Waals surface area contributed by atoms with E-state index in [9.17, 15) is 14.4 Å². The van der Waals surface area contributed by atoms with E-state index < -0.39 is 23.4 Å². The maximum atomic E-state index is 14.7. The molecule has 3 aliphatic rings. The molecule has 0 aromatic heterocycles. The summed E-state index contributed by atoms with van der Waals surface area (Å²) in [7, 11) is 1.57. The Bertz CT molecular complexity index is 1690. The minimum absolute atomic E-state index is 0.199. The molecule has 0 bridgehead atoms. The number of Topliss-reactive ketones (excluding diaryl/α,β-unsaturated/α-hetero) is 2. The molecule has 196 valence electrons. The summed E-state index contributed by atoms with van der Waals surface area (Å²) in [6.07, 6.45) is 3.85. The standard InChI is InChI=1S/C34H26N2O4/c1-40-24-17-15-23(16-18-24)30(37)28-29(31(38)22-10-3-2-4-11-22)36-20-19-21-9-5-6-12-25(21)32(36)34(28)26-13-7-8-14-27(26)35-33(34)39/h2-20,28-29,32H,1H3,(H,35,39)/t28-,29+,32+,34+/m0/s1. The minimum Gasteiger partial charge on any atom is -0.497 e. The Morgan fingerprint density at radius 2 is 1.48 bits per heavy atom. The highest BCUT2D eigenvalue weighted by Crippen LogP contribution is 2.62. The second-order valence-electron chi connectivity index (χ2n) is 10.4. The molecule has 3 aliphatic heterocycles. The molecule has 1 fully saturated rings. The van der Waals surface area contributed by atoms with Gasteiger partial charge in [-0.1, -0.05) is 72.8 Å². The fraction of sp³-hybridized carbons (Fsp3) is 0.147. The smallest absolute Gasteiger partial charge is 0.238 e. The molecule has 6 nitrogen and oxygen atoms in total. The van der Waals surface area contributed by atoms with Gasteiger partial charge in [0.1, 0.15) is 17.2 Å². The summed E-state index contributed by atoms with van der Waals surface area (Å²) in [4.78, 5) is 45.6. The summed E-state index contributed by atoms with van der Waals surface area (Å²) < 4.78 is 5.32. The molecule has 4 aromatic rings. The van der Waals surface area contributed by atoms with Crippen molar-refractivity contribution in [3.8, 4) is 5.75 Å². The predicted octanol–water partition coefficient (Wildman–Crippen LogP) is 5.68. The van der Waals surface area contributed by atoms with Crippen molar-refractivity contribution in [1.29, 1.82) is 0 Å². The number of rotatable bonds is 5. The molecule has 3 heterocycles. The lowest BCUT2D eigenvalue weighted by molar-refractivity contribution is -0.122. The van der Waals surface area contributed by atoms with Crippen LogP contribution in [0.2, 0.25) is 0 Å². The fourth-order valence-corrected chi connectivity index (χ4v) is 6.88. The zero-order chi connectivity index (χ0) is 27.4. The molecule has 40 heavy (non-hydrogen) atoms. The summed E-state index contributed by atoms with van der Waals surface area (Å²) in [5.74, 6) is -1.12. The van der Waals surface area contributed by atoms with Crippen molar-refractivity contribution >= 4 is 29.2 Å². The summed E-state index contributed by atoms with van der Waals surface area (Å²) in [5, 5.41) is 3.07. The van der Waals surface area contributed by atoms with Gasteiger partial charge in [-0.3, -0.25) is 14.4 Å². The third kappa shape index (κ3) is 3.26. The molecule has 4 atom stereocenters. The lowest BCUT2D eigenvalue weighted by Crippen LogP contribution is -2.49. The van der Waals surface area contributed by atoms with Gasteiger partial charge in [0, 0.05) is 23.0 Å². The first-order valence-corrected chi connectivity index (χ1v) is 13.3. The molecular weight excluding hydrogens is 500 g/mol. The first-order valence-electron chi connectivity index (χ1n) is 13.3. The number of hydrogen-bond donors (Lipinski definition) is 1. The average molecular weight is 527 g/mol. The average Bonchev–Trinajstić information content (AvgIpc) is 3.49. The number of carbonyl (C=O) groups excluding carboxylic acids is 3. The van der Waals surface area contributed by atoms with Crippen molar-refractivity contribution in [2.24, 2.45) is 5.92 Å². The molecule has 4 aromatic carbocycles. The predicted molar refractivity (Wildman–Crippen MR) is 152 cm³/mol. The molecule has 1 N–H and O–H groups in total. The van der Waals surface area contributed by atoms with E-state index in [1.165, 1.54) is 0 Å². The molecule has 0 aliphatic carbocycles. The number of amides is 1. The number of anilines is 1. The van der Waals surface area contributed by atoms with Gasteiger partial charge in [-0.25, -0.2) is 0 Å². The number of ether oxygens (including phenoxy) is 1. The van der Waals surface area contributed by atoms with Crippen LogP contribution in [0.3, 0.4) is 0 Å². The van der Waals surface area contributed by atoms with Crippen LogP contribution in [-0.4, -0.2) is 35.5 Å². The third-order valence-corrected chi connectivity index (χ3v) is 8.55. The highest BCUT2D eigenvalue weighted by Gasteiger charge is 2.70. The van der Waals surface area contributed by atoms with E-state index in [-0.39, 0.29) is 17.5 Å². The van der Waals surface area contributed by atoms with Gasteiger partial charge in [0.15, 0.2) is 11.6 Å². The topological polar surface area (TPSA) is 75.7 Å². The highest BCUT2D eigenvalue weighted by molar-refractivity contribution is 6.16. The number of fused-ring (bicyclic) bond motifs is 6. The number of ketones is 2. The maximum Gasteiger partial charge on any atom is 0.238 e. The molecule has 1 spiro atoms. The lowest BCUT2D eigenvalue weighted by atomic mass is 9.62. The quantitative estimate of drug-likeness (QED) is 0.339. The Kier molecular flexibility index (Phi) is 5.46. The molecule has 7 rings (SSSR count). The van der Waals surface area contributed by atoms with E-state index in [1.54, 1.807) is 43.5 Å². The normalized spacial score (nSPS) is 23.8. The number of nitrogens with zero attached hydrogens (tertiary/aromatic N) is 1. The van der Waals surface area contributed by atoms with Gasteiger partial charge < -0.3 is 15.0 Å². The molecule has 0 saturated carbocycles. The fourth-order valence-electron chi connectivity index (χ4n) is 6.88. The monoisotopic (exact) mass is 526 g/mol. The number of hydrogen-bond acceptors (Lipinski definition) is 5. The van der Waals surface area contributed by atoms with Crippen LogP contribution >= 0.6 is 0 Å². The van der Waals surface area contributed by atoms with Crippen LogP contribution in [0, 0.1) is 5.92 Å². The molecule has 0 unspecified atom stereocenters. The number of benzene rings is 4. The van der Waals surface area contributed by atoms with Crippen LogP contribution in [-0.2, 0) is 10.2 Å². The Labute approximate surface area is 231 Å². The van der Waals surface area contributed by atoms with E-state index in [4.69, 9.17) is 4.74 Å². The summed E-state index contributed by atoms with van der Waals surface area (Å²) >= 11 is 0. The van der Waals surface area contributed by atoms with E-state index in [0.717, 1.165) is 16.7 Å². The van der Waals surface area contributed by atoms with Gasteiger partial charge in [-0.2, -0.15) is 0 Å². The Morgan fingerprint density at radius 1 is 0.800 bits per heavy atom. The van der Waals surface area contributed by atoms with Crippen molar-refractivity contribution in [2.45, 2.75) is 17.5 Å². The van der Waals surface area contributed by atoms with E-state index >= 15 is 0 Å². The van der Waals surface area contributed by atoms with Gasteiger partial charge in [0.05, 0.1) is 19.1 Å². The minimum atomic E-state index is -1.34. The zero-order valence-corrected chi connectivity index (χ0v) is 21.8. The lowest BCUT2D eigenvalue weighted by Gasteiger charge is -2.38. The summed E-state index contributed by atoms with van der Waals surface area (Å²) in [6.45, 7) is 0. The van der Waals surface area contributed by atoms with E-state index in [2.05, 4.69) is 5.32 Å². The van der Waals surface area contributed by atoms with Crippen molar-refractivity contribution in [1.82, 2.24) is 4.90 Å². The summed E-state index contributed by atoms with van der Waals surface area (Å²) in [6, 6.07) is 29.8. The number of methoxy groups -OCH3 is 1. The van der Waals surface area contributed by atoms with Crippen LogP contribution in [0.1, 0.15) is 43.4 Å². The van der Waals surface area contributed by atoms with Gasteiger partial charge >= 0.3 is 0 Å². The molecule has 6 heteroatoms. The second-order valence-corrected chi connectivity index (χ2v) is 10.4. The SMILES string of the molecule is COc1ccc(C(=O)[C@@H]2[C@H](C(=O)c3ccccc3)N3C=Cc4ccccc4[C@@H]3[C@]23C(=O)Nc2ccccc23)cc1. The zero-order valence-electron chi connectivity index (χ0n) is 21.8. The highest BCUT2D eigenvalue weighted by atomic mass is 16.5. The van der Waals surface area contributed by atoms with Gasteiger partial charge in [-0.15, -0.1) is 0 Å². The number of para-hydroxylation sites is 1. The summed E-state index contributed by atoms with van der Waals surface area (Å²) in [5.41, 5.74) is 2.84. The van der Waals surface area contributed by atoms with Crippen LogP contribution in [0.15, 0.2) is 109 Å². The number of carbonyl (C=O) groups is 3. The van der Waals surface area contributed by atoms with Crippen LogP contribution in [0.5, 0.6) is 5.75 Å². The molecule has 1 amide bonds. The molecule has 0 radical (unpaired) electrons. The third-order valence-electron chi connectivity index (χ3n) is 8.55. The van der Waals surface area contributed by atoms with Crippen LogP contribution in [0.4, 0.5) is 5.69 Å². The van der Waals surface area contributed by atoms with E-state index in [0.29, 0.717) is 22.6 Å². The van der Waals surface area contributed by atoms with Crippen molar-refractivity contribution in [3.05, 3.63) is 137 Å². The van der Waals surface area contributed by atoms with Crippen LogP contribution < -0.4 is 10.1 Å². The van der Waals surface area contributed by atoms with Gasteiger partial charge in [0.25, 0.3) is 0 Å². The van der Waals surface area contributed by atoms with Crippen molar-refractivity contribution < 1.29 is 19.1 Å². The second kappa shape index (κ2) is 9.06. The van der Waals surface area contributed by atoms with Crippen LogP contribution in [0.25, 0.3) is 6.08 Å². The van der Waals surface area contributed by atoms with Crippen molar-refractivity contribution in [2.75, 3.05) is 12.4 Å². The largest absolute Gasteiger partial charge is 0.497 e. The Morgan fingerprint density at radius 3 is 2.25 bits per heavy atom. The van der Waals surface area contributed by atoms with Gasteiger partial charge in [-0.05, 0) is 53.1 Å². The maximum absolute atomic E-state index is 14.7. The molecule has 1 saturated heterocycles. The Hall–Kier alpha value is -4.97. The van der Waals surface area contributed by atoms with E-state index in [1.807, 2.05) is 83.9 Å².